The predicted octanol–water partition coefficient (Wildman–Crippen LogP) is 4.33. The highest BCUT2D eigenvalue weighted by atomic mass is 35.5. The number of carbonyl (C=O) groups excluding carboxylic acids is 1. The number of aromatic nitrogens is 1. The van der Waals surface area contributed by atoms with E-state index in [1.54, 1.807) is 30.6 Å². The molecule has 0 spiro atoms. The van der Waals surface area contributed by atoms with E-state index in [1.165, 1.54) is 0 Å². The highest BCUT2D eigenvalue weighted by Crippen LogP contribution is 2.25. The summed E-state index contributed by atoms with van der Waals surface area (Å²) in [7, 11) is 1.64. The topological polar surface area (TPSA) is 51.2 Å². The zero-order valence-electron chi connectivity index (χ0n) is 13.7. The molecule has 6 heteroatoms. The smallest absolute Gasteiger partial charge is 0.224 e. The molecule has 3 aromatic rings. The van der Waals surface area contributed by atoms with Gasteiger partial charge in [-0.25, -0.2) is 4.98 Å². The van der Waals surface area contributed by atoms with E-state index >= 15 is 0 Å². The number of halogens is 1. The van der Waals surface area contributed by atoms with Crippen LogP contribution in [0.15, 0.2) is 53.9 Å². The number of ether oxygens (including phenoxy) is 1. The first-order valence-electron chi connectivity index (χ1n) is 7.74. The van der Waals surface area contributed by atoms with Gasteiger partial charge in [-0.1, -0.05) is 23.7 Å². The summed E-state index contributed by atoms with van der Waals surface area (Å²) in [6, 6.07) is 15.0. The Labute approximate surface area is 155 Å². The maximum absolute atomic E-state index is 12.0. The molecule has 4 nitrogen and oxygen atoms in total. The third kappa shape index (κ3) is 4.81. The van der Waals surface area contributed by atoms with Crippen molar-refractivity contribution in [1.29, 1.82) is 0 Å². The number of rotatable bonds is 6. The molecule has 0 atom stereocenters. The Morgan fingerprint density at radius 3 is 2.56 bits per heavy atom. The molecule has 0 radical (unpaired) electrons. The molecule has 2 aromatic carbocycles. The maximum Gasteiger partial charge on any atom is 0.224 e. The predicted molar refractivity (Wildman–Crippen MR) is 101 cm³/mol. The summed E-state index contributed by atoms with van der Waals surface area (Å²) in [4.78, 5) is 16.6. The molecule has 1 N–H and O–H groups in total. The fraction of sp³-hybridized carbons (Fsp3) is 0.158. The molecule has 0 aliphatic carbocycles. The molecule has 0 aliphatic rings. The van der Waals surface area contributed by atoms with Crippen LogP contribution in [-0.4, -0.2) is 18.0 Å². The van der Waals surface area contributed by atoms with Crippen LogP contribution >= 0.6 is 22.9 Å². The SMILES string of the molecule is COc1ccc(-c2nc(CNC(=O)Cc3ccc(Cl)cc3)cs2)cc1. The summed E-state index contributed by atoms with van der Waals surface area (Å²) in [5.41, 5.74) is 2.81. The van der Waals surface area contributed by atoms with Gasteiger partial charge in [0.05, 0.1) is 25.8 Å². The van der Waals surface area contributed by atoms with E-state index in [9.17, 15) is 4.79 Å². The van der Waals surface area contributed by atoms with Gasteiger partial charge in [0.2, 0.25) is 5.91 Å². The summed E-state index contributed by atoms with van der Waals surface area (Å²) >= 11 is 7.40. The zero-order valence-corrected chi connectivity index (χ0v) is 15.2. The summed E-state index contributed by atoms with van der Waals surface area (Å²) in [6.07, 6.45) is 0.326. The average molecular weight is 373 g/mol. The maximum atomic E-state index is 12.0. The minimum Gasteiger partial charge on any atom is -0.497 e. The van der Waals surface area contributed by atoms with Crippen LogP contribution in [0.4, 0.5) is 0 Å². The molecule has 3 rings (SSSR count). The van der Waals surface area contributed by atoms with E-state index in [-0.39, 0.29) is 5.91 Å². The average Bonchev–Trinajstić information content (AvgIpc) is 3.11. The standard InChI is InChI=1S/C19H17ClN2O2S/c1-24-17-8-4-14(5-9-17)19-22-16(12-25-19)11-21-18(23)10-13-2-6-15(20)7-3-13/h2-9,12H,10-11H2,1H3,(H,21,23). The van der Waals surface area contributed by atoms with Crippen LogP contribution in [0.3, 0.4) is 0 Å². The normalized spacial score (nSPS) is 10.5. The monoisotopic (exact) mass is 372 g/mol. The third-order valence-corrected chi connectivity index (χ3v) is 4.83. The van der Waals surface area contributed by atoms with E-state index in [2.05, 4.69) is 10.3 Å². The zero-order chi connectivity index (χ0) is 17.6. The molecule has 0 unspecified atom stereocenters. The first-order chi connectivity index (χ1) is 12.1. The summed E-state index contributed by atoms with van der Waals surface area (Å²) < 4.78 is 5.16. The van der Waals surface area contributed by atoms with Gasteiger partial charge in [-0.3, -0.25) is 4.79 Å². The van der Waals surface area contributed by atoms with Crippen molar-refractivity contribution in [3.63, 3.8) is 0 Å². The van der Waals surface area contributed by atoms with Crippen LogP contribution < -0.4 is 10.1 Å². The molecule has 0 aliphatic heterocycles. The first-order valence-corrected chi connectivity index (χ1v) is 9.00. The summed E-state index contributed by atoms with van der Waals surface area (Å²) in [5, 5.41) is 6.44. The Kier molecular flexibility index (Phi) is 5.68. The molecule has 25 heavy (non-hydrogen) atoms. The Morgan fingerprint density at radius 1 is 1.16 bits per heavy atom. The van der Waals surface area contributed by atoms with Gasteiger partial charge in [-0.2, -0.15) is 0 Å². The number of carbonyl (C=O) groups is 1. The third-order valence-electron chi connectivity index (χ3n) is 3.63. The van der Waals surface area contributed by atoms with Crippen molar-refractivity contribution in [1.82, 2.24) is 10.3 Å². The van der Waals surface area contributed by atoms with Gasteiger partial charge in [0.25, 0.3) is 0 Å². The summed E-state index contributed by atoms with van der Waals surface area (Å²) in [6.45, 7) is 0.416. The lowest BCUT2D eigenvalue weighted by Crippen LogP contribution is -2.24. The highest BCUT2D eigenvalue weighted by molar-refractivity contribution is 7.13. The lowest BCUT2D eigenvalue weighted by molar-refractivity contribution is -0.120. The van der Waals surface area contributed by atoms with E-state index in [4.69, 9.17) is 16.3 Å². The second kappa shape index (κ2) is 8.14. The molecule has 0 bridgehead atoms. The van der Waals surface area contributed by atoms with E-state index in [0.29, 0.717) is 18.0 Å². The van der Waals surface area contributed by atoms with E-state index in [0.717, 1.165) is 27.6 Å². The van der Waals surface area contributed by atoms with Gasteiger partial charge < -0.3 is 10.1 Å². The van der Waals surface area contributed by atoms with Crippen LogP contribution in [0.1, 0.15) is 11.3 Å². The molecular weight excluding hydrogens is 356 g/mol. The van der Waals surface area contributed by atoms with Gasteiger partial charge in [0.15, 0.2) is 0 Å². The number of nitrogens with zero attached hydrogens (tertiary/aromatic N) is 1. The first kappa shape index (κ1) is 17.5. The van der Waals surface area contributed by atoms with Crippen LogP contribution in [0.2, 0.25) is 5.02 Å². The quantitative estimate of drug-likeness (QED) is 0.700. The van der Waals surface area contributed by atoms with Crippen LogP contribution in [-0.2, 0) is 17.8 Å². The minimum atomic E-state index is -0.0404. The van der Waals surface area contributed by atoms with Crippen LogP contribution in [0.25, 0.3) is 10.6 Å². The molecule has 0 saturated carbocycles. The van der Waals surface area contributed by atoms with E-state index in [1.807, 2.05) is 41.8 Å². The summed E-state index contributed by atoms with van der Waals surface area (Å²) in [5.74, 6) is 0.774. The van der Waals surface area contributed by atoms with Crippen molar-refractivity contribution in [2.75, 3.05) is 7.11 Å². The van der Waals surface area contributed by atoms with Crippen LogP contribution in [0, 0.1) is 0 Å². The van der Waals surface area contributed by atoms with Crippen molar-refractivity contribution in [2.45, 2.75) is 13.0 Å². The van der Waals surface area contributed by atoms with Crippen molar-refractivity contribution in [2.24, 2.45) is 0 Å². The van der Waals surface area contributed by atoms with Gasteiger partial charge in [-0.05, 0) is 42.0 Å². The minimum absolute atomic E-state index is 0.0404. The number of methoxy groups -OCH3 is 1. The van der Waals surface area contributed by atoms with Gasteiger partial charge in [-0.15, -0.1) is 11.3 Å². The van der Waals surface area contributed by atoms with Crippen molar-refractivity contribution < 1.29 is 9.53 Å². The van der Waals surface area contributed by atoms with Gasteiger partial charge in [0.1, 0.15) is 10.8 Å². The number of benzene rings is 2. The second-order valence-corrected chi connectivity index (χ2v) is 6.75. The molecule has 128 valence electrons. The molecule has 1 amide bonds. The lowest BCUT2D eigenvalue weighted by Gasteiger charge is -2.04. The fourth-order valence-electron chi connectivity index (χ4n) is 2.29. The Morgan fingerprint density at radius 2 is 1.88 bits per heavy atom. The lowest BCUT2D eigenvalue weighted by atomic mass is 10.1. The fourth-order valence-corrected chi connectivity index (χ4v) is 3.25. The molecule has 0 fully saturated rings. The number of hydrogen-bond acceptors (Lipinski definition) is 4. The second-order valence-electron chi connectivity index (χ2n) is 5.45. The Hall–Kier alpha value is -2.37. The number of nitrogens with one attached hydrogen (secondary N) is 1. The largest absolute Gasteiger partial charge is 0.497 e. The van der Waals surface area contributed by atoms with Gasteiger partial charge >= 0.3 is 0 Å². The van der Waals surface area contributed by atoms with Crippen molar-refractivity contribution >= 4 is 28.8 Å². The Bertz CT molecular complexity index is 845. The molecule has 1 aromatic heterocycles. The Balaban J connectivity index is 1.55. The van der Waals surface area contributed by atoms with Crippen molar-refractivity contribution in [3.05, 3.63) is 70.2 Å². The van der Waals surface area contributed by atoms with Crippen molar-refractivity contribution in [3.8, 4) is 16.3 Å². The molecule has 1 heterocycles. The highest BCUT2D eigenvalue weighted by Gasteiger charge is 2.08. The van der Waals surface area contributed by atoms with Crippen LogP contribution in [0.5, 0.6) is 5.75 Å². The number of hydrogen-bond donors (Lipinski definition) is 1. The van der Waals surface area contributed by atoms with Gasteiger partial charge in [0, 0.05) is 16.0 Å². The molecule has 0 saturated heterocycles. The number of thiazole rings is 1. The molecular formula is C19H17ClN2O2S. The van der Waals surface area contributed by atoms with E-state index < -0.39 is 0 Å². The number of amides is 1.